The number of carboxylic acid groups (broad SMARTS) is 1. The highest BCUT2D eigenvalue weighted by molar-refractivity contribution is 5.95. The second-order valence-corrected chi connectivity index (χ2v) is 8.62. The van der Waals surface area contributed by atoms with Crippen molar-refractivity contribution in [1.82, 2.24) is 21.3 Å². The summed E-state index contributed by atoms with van der Waals surface area (Å²) in [7, 11) is 0. The predicted molar refractivity (Wildman–Crippen MR) is 123 cm³/mol. The second kappa shape index (κ2) is 15.2. The van der Waals surface area contributed by atoms with Crippen LogP contribution in [-0.4, -0.2) is 71.5 Å². The molecule has 0 saturated carbocycles. The van der Waals surface area contributed by atoms with Gasteiger partial charge in [0, 0.05) is 0 Å². The number of amides is 4. The average molecular weight is 473 g/mol. The van der Waals surface area contributed by atoms with Crippen LogP contribution in [0.4, 0.5) is 0 Å². The summed E-state index contributed by atoms with van der Waals surface area (Å²) in [5.74, 6) is -3.43. The zero-order valence-corrected chi connectivity index (χ0v) is 20.1. The number of carbonyl (C=O) groups excluding carboxylic acids is 4. The Morgan fingerprint density at radius 2 is 1.24 bits per heavy atom. The molecule has 0 heterocycles. The molecule has 0 aliphatic heterocycles. The summed E-state index contributed by atoms with van der Waals surface area (Å²) in [6.45, 7) is 8.44. The molecule has 0 spiro atoms. The molecule has 12 heteroatoms. The topological polar surface area (TPSA) is 206 Å². The molecule has 0 aliphatic rings. The van der Waals surface area contributed by atoms with Crippen molar-refractivity contribution in [2.75, 3.05) is 6.54 Å². The lowest BCUT2D eigenvalue weighted by Crippen LogP contribution is -2.57. The van der Waals surface area contributed by atoms with Gasteiger partial charge in [0.05, 0.1) is 6.04 Å². The first-order valence-corrected chi connectivity index (χ1v) is 11.2. The van der Waals surface area contributed by atoms with E-state index in [1.165, 1.54) is 20.8 Å². The van der Waals surface area contributed by atoms with Crippen LogP contribution < -0.4 is 32.7 Å². The normalized spacial score (nSPS) is 15.5. The van der Waals surface area contributed by atoms with Gasteiger partial charge in [0.25, 0.3) is 0 Å². The van der Waals surface area contributed by atoms with Gasteiger partial charge in [0.1, 0.15) is 24.2 Å². The molecule has 0 unspecified atom stereocenters. The lowest BCUT2D eigenvalue weighted by atomic mass is 10.0. The highest BCUT2D eigenvalue weighted by atomic mass is 16.4. The van der Waals surface area contributed by atoms with Crippen molar-refractivity contribution in [2.45, 2.75) is 90.5 Å². The van der Waals surface area contributed by atoms with Gasteiger partial charge < -0.3 is 37.8 Å². The Morgan fingerprint density at radius 3 is 1.73 bits per heavy atom. The fourth-order valence-electron chi connectivity index (χ4n) is 2.82. The number of carboxylic acids is 1. The van der Waals surface area contributed by atoms with Crippen LogP contribution in [0, 0.1) is 5.92 Å². The smallest absolute Gasteiger partial charge is 0.325 e. The minimum atomic E-state index is -1.21. The molecule has 0 aliphatic carbocycles. The van der Waals surface area contributed by atoms with Crippen molar-refractivity contribution in [2.24, 2.45) is 17.4 Å². The Balaban J connectivity index is 5.21. The van der Waals surface area contributed by atoms with Crippen LogP contribution in [0.2, 0.25) is 0 Å². The maximum Gasteiger partial charge on any atom is 0.325 e. The van der Waals surface area contributed by atoms with Gasteiger partial charge in [0.15, 0.2) is 0 Å². The van der Waals surface area contributed by atoms with Crippen molar-refractivity contribution in [3.05, 3.63) is 0 Å². The highest BCUT2D eigenvalue weighted by Crippen LogP contribution is 2.07. The number of rotatable bonds is 15. The lowest BCUT2D eigenvalue weighted by Gasteiger charge is -2.25. The van der Waals surface area contributed by atoms with E-state index in [2.05, 4.69) is 21.3 Å². The van der Waals surface area contributed by atoms with Gasteiger partial charge >= 0.3 is 5.97 Å². The Labute approximate surface area is 195 Å². The molecular weight excluding hydrogens is 432 g/mol. The van der Waals surface area contributed by atoms with Gasteiger partial charge in [-0.15, -0.1) is 0 Å². The van der Waals surface area contributed by atoms with Crippen molar-refractivity contribution >= 4 is 29.6 Å². The molecule has 0 radical (unpaired) electrons. The molecule has 0 bridgehead atoms. The highest BCUT2D eigenvalue weighted by Gasteiger charge is 2.29. The van der Waals surface area contributed by atoms with E-state index in [1.807, 2.05) is 13.8 Å². The fourth-order valence-corrected chi connectivity index (χ4v) is 2.82. The third-order valence-corrected chi connectivity index (χ3v) is 4.81. The molecule has 33 heavy (non-hydrogen) atoms. The summed E-state index contributed by atoms with van der Waals surface area (Å²) in [6, 6.07) is -4.81. The Kier molecular flexibility index (Phi) is 13.9. The van der Waals surface area contributed by atoms with Crippen molar-refractivity contribution in [3.8, 4) is 0 Å². The number of hydrogen-bond donors (Lipinski definition) is 7. The summed E-state index contributed by atoms with van der Waals surface area (Å²) >= 11 is 0. The number of unbranched alkanes of at least 4 members (excludes halogenated alkanes) is 1. The zero-order valence-electron chi connectivity index (χ0n) is 20.1. The number of hydrogen-bond acceptors (Lipinski definition) is 7. The van der Waals surface area contributed by atoms with Crippen LogP contribution >= 0.6 is 0 Å². The van der Waals surface area contributed by atoms with Crippen molar-refractivity contribution in [3.63, 3.8) is 0 Å². The van der Waals surface area contributed by atoms with Gasteiger partial charge in [-0.25, -0.2) is 0 Å². The first kappa shape index (κ1) is 30.3. The van der Waals surface area contributed by atoms with E-state index in [4.69, 9.17) is 16.6 Å². The summed E-state index contributed by atoms with van der Waals surface area (Å²) in [5, 5.41) is 19.0. The lowest BCUT2D eigenvalue weighted by molar-refractivity contribution is -0.141. The molecule has 9 N–H and O–H groups in total. The average Bonchev–Trinajstić information content (AvgIpc) is 2.71. The Morgan fingerprint density at radius 1 is 0.727 bits per heavy atom. The maximum absolute atomic E-state index is 12.7. The minimum Gasteiger partial charge on any atom is -0.480 e. The van der Waals surface area contributed by atoms with Gasteiger partial charge in [-0.1, -0.05) is 13.8 Å². The summed E-state index contributed by atoms with van der Waals surface area (Å²) in [4.78, 5) is 60.8. The third-order valence-electron chi connectivity index (χ3n) is 4.81. The molecule has 4 amide bonds. The van der Waals surface area contributed by atoms with Crippen LogP contribution in [0.15, 0.2) is 0 Å². The van der Waals surface area contributed by atoms with Crippen LogP contribution in [0.25, 0.3) is 0 Å². The molecule has 12 nitrogen and oxygen atoms in total. The third kappa shape index (κ3) is 12.2. The van der Waals surface area contributed by atoms with E-state index in [1.54, 1.807) is 0 Å². The van der Waals surface area contributed by atoms with E-state index in [0.717, 1.165) is 0 Å². The second-order valence-electron chi connectivity index (χ2n) is 8.62. The van der Waals surface area contributed by atoms with Gasteiger partial charge in [-0.2, -0.15) is 0 Å². The summed E-state index contributed by atoms with van der Waals surface area (Å²) < 4.78 is 0. The molecule has 190 valence electrons. The standard InChI is InChI=1S/C21H40N6O6/c1-11(2)10-16(27-17(28)12(3)23)20(31)24-13(4)18(29)26-15(8-6-7-9-22)19(30)25-14(5)21(32)33/h11-16H,6-10,22-23H2,1-5H3,(H,24,31)(H,25,30)(H,26,29)(H,27,28)(H,32,33)/t12-,13-,14-,15-,16-/m0/s1. The van der Waals surface area contributed by atoms with E-state index >= 15 is 0 Å². The first-order valence-electron chi connectivity index (χ1n) is 11.2. The van der Waals surface area contributed by atoms with Crippen molar-refractivity contribution < 1.29 is 29.1 Å². The SMILES string of the molecule is CC(C)C[C@H](NC(=O)[C@H](C)N)C(=O)N[C@@H](C)C(=O)N[C@@H](CCCCN)C(=O)N[C@@H](C)C(=O)O. The number of nitrogens with one attached hydrogen (secondary N) is 4. The fraction of sp³-hybridized carbons (Fsp3) is 0.762. The van der Waals surface area contributed by atoms with Crippen LogP contribution in [0.5, 0.6) is 0 Å². The molecule has 0 aromatic heterocycles. The summed E-state index contributed by atoms with van der Waals surface area (Å²) in [5.41, 5.74) is 11.0. The quantitative estimate of drug-likeness (QED) is 0.140. The zero-order chi connectivity index (χ0) is 25.7. The summed E-state index contributed by atoms with van der Waals surface area (Å²) in [6.07, 6.45) is 1.76. The van der Waals surface area contributed by atoms with Crippen LogP contribution in [0.1, 0.15) is 60.3 Å². The van der Waals surface area contributed by atoms with Gasteiger partial charge in [-0.3, -0.25) is 24.0 Å². The van der Waals surface area contributed by atoms with Gasteiger partial charge in [0.2, 0.25) is 23.6 Å². The monoisotopic (exact) mass is 472 g/mol. The molecule has 5 atom stereocenters. The Hall–Kier alpha value is -2.73. The van der Waals surface area contributed by atoms with E-state index in [0.29, 0.717) is 25.8 Å². The largest absolute Gasteiger partial charge is 0.480 e. The number of carbonyl (C=O) groups is 5. The molecule has 0 aromatic rings. The first-order chi connectivity index (χ1) is 15.3. The Bertz CT molecular complexity index is 684. The predicted octanol–water partition coefficient (Wildman–Crippen LogP) is -1.43. The van der Waals surface area contributed by atoms with Gasteiger partial charge in [-0.05, 0) is 58.9 Å². The van der Waals surface area contributed by atoms with Crippen LogP contribution in [-0.2, 0) is 24.0 Å². The molecule has 0 fully saturated rings. The molecule has 0 aromatic carbocycles. The molecular formula is C21H40N6O6. The van der Waals surface area contributed by atoms with Crippen molar-refractivity contribution in [1.29, 1.82) is 0 Å². The number of aliphatic carboxylic acids is 1. The van der Waals surface area contributed by atoms with E-state index < -0.39 is 59.8 Å². The minimum absolute atomic E-state index is 0.0881. The maximum atomic E-state index is 12.7. The van der Waals surface area contributed by atoms with E-state index in [-0.39, 0.29) is 12.3 Å². The van der Waals surface area contributed by atoms with E-state index in [9.17, 15) is 24.0 Å². The van der Waals surface area contributed by atoms with Crippen LogP contribution in [0.3, 0.4) is 0 Å². The molecule has 0 saturated heterocycles. The molecule has 0 rings (SSSR count). The number of nitrogens with two attached hydrogens (primary N) is 2.